The Kier molecular flexibility index (Phi) is 4.73. The number of benzene rings is 2. The predicted octanol–water partition coefficient (Wildman–Crippen LogP) is 3.51. The third kappa shape index (κ3) is 3.63. The zero-order valence-corrected chi connectivity index (χ0v) is 14.8. The number of quaternary nitrogens is 1. The Bertz CT molecular complexity index is 1030. The van der Waals surface area contributed by atoms with E-state index in [1.54, 1.807) is 6.07 Å². The first-order valence-electron chi connectivity index (χ1n) is 8.28. The molecule has 0 bridgehead atoms. The molecule has 132 valence electrons. The highest BCUT2D eigenvalue weighted by Gasteiger charge is 2.20. The van der Waals surface area contributed by atoms with E-state index in [-0.39, 0.29) is 11.9 Å². The smallest absolute Gasteiger partial charge is 0.277 e. The van der Waals surface area contributed by atoms with Gasteiger partial charge in [0.25, 0.3) is 11.1 Å². The molecule has 4 rings (SSSR count). The van der Waals surface area contributed by atoms with Crippen LogP contribution in [0.2, 0.25) is 0 Å². The number of rotatable bonds is 6. The van der Waals surface area contributed by atoms with Crippen molar-refractivity contribution >= 4 is 22.7 Å². The number of nitrogens with one attached hydrogen (secondary N) is 1. The number of aromatic amines is 1. The predicted molar refractivity (Wildman–Crippen MR) is 97.9 cm³/mol. The summed E-state index contributed by atoms with van der Waals surface area (Å²) in [5, 5.41) is 9.84. The molecular weight excluding hydrogens is 351 g/mol. The van der Waals surface area contributed by atoms with Crippen molar-refractivity contribution in [3.63, 3.8) is 0 Å². The maximum absolute atomic E-state index is 13.2. The third-order valence-corrected chi connectivity index (χ3v) is 5.05. The standard InChI is InChI=1S/C19H17FN4OS/c20-14-5-3-4-12(8-14)11-26-19-24-23-18(25-19)16(21)9-13-10-22-17-7-2-1-6-15(13)17/h1-8,10,16,22H,9,11,21H2/p+1. The lowest BCUT2D eigenvalue weighted by molar-refractivity contribution is -0.431. The quantitative estimate of drug-likeness (QED) is 0.510. The van der Waals surface area contributed by atoms with Gasteiger partial charge in [-0.3, -0.25) is 0 Å². The first-order valence-corrected chi connectivity index (χ1v) is 9.26. The summed E-state index contributed by atoms with van der Waals surface area (Å²) in [6.45, 7) is 0. The van der Waals surface area contributed by atoms with Gasteiger partial charge in [0.05, 0.1) is 0 Å². The second-order valence-electron chi connectivity index (χ2n) is 6.09. The molecule has 0 saturated carbocycles. The van der Waals surface area contributed by atoms with E-state index in [1.165, 1.54) is 34.8 Å². The van der Waals surface area contributed by atoms with E-state index in [0.717, 1.165) is 11.1 Å². The van der Waals surface area contributed by atoms with E-state index in [0.29, 0.717) is 23.3 Å². The Labute approximate surface area is 153 Å². The van der Waals surface area contributed by atoms with Gasteiger partial charge in [-0.15, -0.1) is 10.2 Å². The van der Waals surface area contributed by atoms with Gasteiger partial charge in [-0.1, -0.05) is 42.1 Å². The maximum Gasteiger partial charge on any atom is 0.277 e. The number of aromatic nitrogens is 3. The Morgan fingerprint density at radius 2 is 2.04 bits per heavy atom. The molecule has 4 N–H and O–H groups in total. The number of para-hydroxylation sites is 1. The fourth-order valence-electron chi connectivity index (χ4n) is 2.87. The monoisotopic (exact) mass is 369 g/mol. The van der Waals surface area contributed by atoms with Crippen molar-refractivity contribution in [2.45, 2.75) is 23.4 Å². The number of thioether (sulfide) groups is 1. The Morgan fingerprint density at radius 1 is 1.15 bits per heavy atom. The number of nitrogens with zero attached hydrogens (tertiary/aromatic N) is 2. The van der Waals surface area contributed by atoms with Crippen LogP contribution in [0.3, 0.4) is 0 Å². The molecule has 1 unspecified atom stereocenters. The lowest BCUT2D eigenvalue weighted by Crippen LogP contribution is -2.54. The van der Waals surface area contributed by atoms with E-state index >= 15 is 0 Å². The number of fused-ring (bicyclic) bond motifs is 1. The van der Waals surface area contributed by atoms with Gasteiger partial charge in [-0.2, -0.15) is 0 Å². The van der Waals surface area contributed by atoms with Crippen molar-refractivity contribution in [3.8, 4) is 0 Å². The zero-order chi connectivity index (χ0) is 17.9. The van der Waals surface area contributed by atoms with Gasteiger partial charge in [-0.25, -0.2) is 4.39 Å². The molecule has 2 heterocycles. The minimum absolute atomic E-state index is 0.134. The van der Waals surface area contributed by atoms with Gasteiger partial charge in [0.2, 0.25) is 0 Å². The first kappa shape index (κ1) is 16.8. The number of hydrogen-bond donors (Lipinski definition) is 2. The topological polar surface area (TPSA) is 82.4 Å². The summed E-state index contributed by atoms with van der Waals surface area (Å²) < 4.78 is 19.0. The van der Waals surface area contributed by atoms with Crippen molar-refractivity contribution < 1.29 is 14.5 Å². The summed E-state index contributed by atoms with van der Waals surface area (Å²) in [5.41, 5.74) is 7.32. The summed E-state index contributed by atoms with van der Waals surface area (Å²) in [6, 6.07) is 14.5. The van der Waals surface area contributed by atoms with Gasteiger partial charge >= 0.3 is 0 Å². The van der Waals surface area contributed by atoms with Gasteiger partial charge in [0, 0.05) is 29.3 Å². The van der Waals surface area contributed by atoms with Crippen LogP contribution in [0.25, 0.3) is 10.9 Å². The highest BCUT2D eigenvalue weighted by atomic mass is 32.2. The molecule has 0 saturated heterocycles. The second-order valence-corrected chi connectivity index (χ2v) is 7.01. The lowest BCUT2D eigenvalue weighted by atomic mass is 10.1. The van der Waals surface area contributed by atoms with Crippen molar-refractivity contribution in [2.24, 2.45) is 0 Å². The lowest BCUT2D eigenvalue weighted by Gasteiger charge is -2.03. The number of H-pyrrole nitrogens is 1. The van der Waals surface area contributed by atoms with E-state index in [1.807, 2.05) is 30.5 Å². The van der Waals surface area contributed by atoms with Crippen molar-refractivity contribution in [1.29, 1.82) is 0 Å². The first-order chi connectivity index (χ1) is 12.7. The fourth-order valence-corrected chi connectivity index (χ4v) is 3.58. The van der Waals surface area contributed by atoms with Crippen molar-refractivity contribution in [2.75, 3.05) is 0 Å². The molecule has 7 heteroatoms. The molecule has 2 aromatic heterocycles. The van der Waals surface area contributed by atoms with Crippen LogP contribution >= 0.6 is 11.8 Å². The van der Waals surface area contributed by atoms with E-state index < -0.39 is 0 Å². The molecule has 0 aliphatic heterocycles. The largest absolute Gasteiger partial charge is 0.410 e. The molecule has 0 aliphatic rings. The molecule has 4 aromatic rings. The molecule has 0 radical (unpaired) electrons. The van der Waals surface area contributed by atoms with Crippen LogP contribution in [0, 0.1) is 5.82 Å². The number of halogens is 1. The van der Waals surface area contributed by atoms with Crippen LogP contribution in [-0.4, -0.2) is 15.2 Å². The van der Waals surface area contributed by atoms with Crippen LogP contribution in [0.4, 0.5) is 4.39 Å². The summed E-state index contributed by atoms with van der Waals surface area (Å²) in [5.74, 6) is 0.840. The summed E-state index contributed by atoms with van der Waals surface area (Å²) in [7, 11) is 0. The molecule has 0 spiro atoms. The van der Waals surface area contributed by atoms with E-state index in [4.69, 9.17) is 4.42 Å². The molecule has 5 nitrogen and oxygen atoms in total. The highest BCUT2D eigenvalue weighted by molar-refractivity contribution is 7.98. The van der Waals surface area contributed by atoms with Gasteiger partial charge < -0.3 is 15.1 Å². The maximum atomic E-state index is 13.2. The van der Waals surface area contributed by atoms with Crippen molar-refractivity contribution in [1.82, 2.24) is 15.2 Å². The molecule has 0 fully saturated rings. The average Bonchev–Trinajstić information content (AvgIpc) is 3.28. The van der Waals surface area contributed by atoms with Crippen LogP contribution in [0.5, 0.6) is 0 Å². The van der Waals surface area contributed by atoms with E-state index in [2.05, 4.69) is 27.0 Å². The molecule has 0 aliphatic carbocycles. The molecule has 0 amide bonds. The normalized spacial score (nSPS) is 12.5. The van der Waals surface area contributed by atoms with Gasteiger partial charge in [0.15, 0.2) is 6.04 Å². The van der Waals surface area contributed by atoms with Crippen molar-refractivity contribution in [3.05, 3.63) is 77.6 Å². The Morgan fingerprint density at radius 3 is 2.92 bits per heavy atom. The van der Waals surface area contributed by atoms with Crippen LogP contribution in [0.15, 0.2) is 64.4 Å². The molecule has 1 atom stereocenters. The van der Waals surface area contributed by atoms with E-state index in [9.17, 15) is 4.39 Å². The third-order valence-electron chi connectivity index (χ3n) is 4.16. The molecule has 26 heavy (non-hydrogen) atoms. The summed E-state index contributed by atoms with van der Waals surface area (Å²) >= 11 is 1.39. The zero-order valence-electron chi connectivity index (χ0n) is 14.0. The Hall–Kier alpha value is -2.64. The number of hydrogen-bond acceptors (Lipinski definition) is 4. The highest BCUT2D eigenvalue weighted by Crippen LogP contribution is 2.25. The molecular formula is C19H18FN4OS+. The second kappa shape index (κ2) is 7.31. The summed E-state index contributed by atoms with van der Waals surface area (Å²) in [4.78, 5) is 3.26. The van der Waals surface area contributed by atoms with Crippen LogP contribution in [-0.2, 0) is 12.2 Å². The van der Waals surface area contributed by atoms with Gasteiger partial charge in [0.1, 0.15) is 5.82 Å². The minimum atomic E-state index is -0.245. The van der Waals surface area contributed by atoms with Gasteiger partial charge in [-0.05, 0) is 29.3 Å². The van der Waals surface area contributed by atoms with Crippen LogP contribution in [0.1, 0.15) is 23.1 Å². The fraction of sp³-hybridized carbons (Fsp3) is 0.158. The van der Waals surface area contributed by atoms with Crippen LogP contribution < -0.4 is 5.73 Å². The Balaban J connectivity index is 1.42. The minimum Gasteiger partial charge on any atom is -0.410 e. The average molecular weight is 369 g/mol. The SMILES string of the molecule is [NH3+]C(Cc1c[nH]c2ccccc12)c1nnc(SCc2cccc(F)c2)o1. The summed E-state index contributed by atoms with van der Waals surface area (Å²) in [6.07, 6.45) is 2.71. The molecule has 2 aromatic carbocycles.